The van der Waals surface area contributed by atoms with Gasteiger partial charge in [0.05, 0.1) is 19.6 Å². The molecule has 1 aliphatic heterocycles. The standard InChI is InChI=1S/C24H35N5O9/c30-19(31)14-25-24(38)23(18-4-2-1-3-5-18)29-12-10-27(16-21(34)35)8-6-26(15-20(32)33)7-9-28(11-13-29)17-22(36)37/h1-5,23H,6-17H2,(H,25,38)(H,30,31)(H,32,33)(H,34,35)(H,36,37). The van der Waals surface area contributed by atoms with Gasteiger partial charge in [0, 0.05) is 52.4 Å². The highest BCUT2D eigenvalue weighted by Gasteiger charge is 2.29. The van der Waals surface area contributed by atoms with Gasteiger partial charge in [-0.2, -0.15) is 0 Å². The van der Waals surface area contributed by atoms with Crippen molar-refractivity contribution in [3.05, 3.63) is 35.9 Å². The predicted molar refractivity (Wildman–Crippen MR) is 134 cm³/mol. The molecule has 0 aliphatic carbocycles. The van der Waals surface area contributed by atoms with Gasteiger partial charge in [0.25, 0.3) is 0 Å². The van der Waals surface area contributed by atoms with Crippen LogP contribution in [0.3, 0.4) is 0 Å². The van der Waals surface area contributed by atoms with Crippen molar-refractivity contribution in [1.82, 2.24) is 24.9 Å². The number of carboxylic acids is 4. The molecule has 1 saturated heterocycles. The van der Waals surface area contributed by atoms with Crippen LogP contribution in [-0.2, 0) is 24.0 Å². The van der Waals surface area contributed by atoms with Crippen molar-refractivity contribution >= 4 is 29.8 Å². The lowest BCUT2D eigenvalue weighted by molar-refractivity contribution is -0.141. The number of aliphatic carboxylic acids is 4. The van der Waals surface area contributed by atoms with E-state index in [1.165, 1.54) is 0 Å². The second kappa shape index (κ2) is 15.6. The fourth-order valence-corrected chi connectivity index (χ4v) is 4.28. The minimum absolute atomic E-state index is 0.215. The maximum Gasteiger partial charge on any atom is 0.322 e. The van der Waals surface area contributed by atoms with Crippen molar-refractivity contribution in [3.63, 3.8) is 0 Å². The molecule has 0 radical (unpaired) electrons. The Labute approximate surface area is 220 Å². The number of hydrogen-bond donors (Lipinski definition) is 5. The van der Waals surface area contributed by atoms with Gasteiger partial charge in [-0.15, -0.1) is 0 Å². The van der Waals surface area contributed by atoms with Crippen molar-refractivity contribution in [2.24, 2.45) is 0 Å². The van der Waals surface area contributed by atoms with Gasteiger partial charge in [0.2, 0.25) is 5.91 Å². The van der Waals surface area contributed by atoms with Crippen molar-refractivity contribution < 1.29 is 44.4 Å². The monoisotopic (exact) mass is 537 g/mol. The van der Waals surface area contributed by atoms with E-state index in [0.717, 1.165) is 0 Å². The van der Waals surface area contributed by atoms with Crippen LogP contribution in [0.1, 0.15) is 11.6 Å². The minimum atomic E-state index is -1.20. The van der Waals surface area contributed by atoms with Crippen LogP contribution in [0.25, 0.3) is 0 Å². The Hall–Kier alpha value is -3.59. The van der Waals surface area contributed by atoms with Crippen molar-refractivity contribution in [1.29, 1.82) is 0 Å². The molecule has 14 heteroatoms. The van der Waals surface area contributed by atoms with Gasteiger partial charge < -0.3 is 25.7 Å². The van der Waals surface area contributed by atoms with Crippen LogP contribution >= 0.6 is 0 Å². The normalized spacial score (nSPS) is 18.0. The molecule has 5 N–H and O–H groups in total. The SMILES string of the molecule is O=C(O)CNC(=O)C(c1ccccc1)N1CCN(CC(=O)O)CCN(CC(=O)O)CCN(CC(=O)O)CC1. The number of nitrogens with one attached hydrogen (secondary N) is 1. The van der Waals surface area contributed by atoms with Crippen LogP contribution in [0.5, 0.6) is 0 Å². The molecule has 1 atom stereocenters. The van der Waals surface area contributed by atoms with Crippen LogP contribution in [0.2, 0.25) is 0 Å². The zero-order chi connectivity index (χ0) is 28.1. The van der Waals surface area contributed by atoms with E-state index >= 15 is 0 Å². The van der Waals surface area contributed by atoms with E-state index in [4.69, 9.17) is 5.11 Å². The number of benzene rings is 1. The third-order valence-corrected chi connectivity index (χ3v) is 6.09. The number of hydrogen-bond acceptors (Lipinski definition) is 9. The average Bonchev–Trinajstić information content (AvgIpc) is 2.83. The van der Waals surface area contributed by atoms with Gasteiger partial charge in [-0.3, -0.25) is 43.6 Å². The number of carbonyl (C=O) groups is 5. The second-order valence-electron chi connectivity index (χ2n) is 8.97. The molecule has 0 saturated carbocycles. The van der Waals surface area contributed by atoms with Crippen LogP contribution in [0.4, 0.5) is 0 Å². The van der Waals surface area contributed by atoms with Crippen LogP contribution < -0.4 is 5.32 Å². The summed E-state index contributed by atoms with van der Waals surface area (Å²) in [6, 6.07) is 7.82. The maximum atomic E-state index is 13.2. The highest BCUT2D eigenvalue weighted by Crippen LogP contribution is 2.21. The Balaban J connectivity index is 2.38. The second-order valence-corrected chi connectivity index (χ2v) is 8.97. The molecule has 1 unspecified atom stereocenters. The highest BCUT2D eigenvalue weighted by molar-refractivity contribution is 5.86. The lowest BCUT2D eigenvalue weighted by Gasteiger charge is -2.36. The lowest BCUT2D eigenvalue weighted by atomic mass is 10.0. The van der Waals surface area contributed by atoms with E-state index in [1.807, 2.05) is 0 Å². The van der Waals surface area contributed by atoms with E-state index < -0.39 is 42.4 Å². The Morgan fingerprint density at radius 2 is 1.03 bits per heavy atom. The molecule has 38 heavy (non-hydrogen) atoms. The van der Waals surface area contributed by atoms with Gasteiger partial charge in [0.1, 0.15) is 12.6 Å². The van der Waals surface area contributed by atoms with E-state index in [9.17, 15) is 39.3 Å². The summed E-state index contributed by atoms with van der Waals surface area (Å²) in [5, 5.41) is 39.5. The van der Waals surface area contributed by atoms with Gasteiger partial charge in [0.15, 0.2) is 0 Å². The number of carbonyl (C=O) groups excluding carboxylic acids is 1. The highest BCUT2D eigenvalue weighted by atomic mass is 16.4. The Morgan fingerprint density at radius 3 is 1.39 bits per heavy atom. The molecule has 1 fully saturated rings. The van der Waals surface area contributed by atoms with Crippen LogP contribution in [-0.4, -0.2) is 148 Å². The molecule has 0 bridgehead atoms. The Morgan fingerprint density at radius 1 is 0.632 bits per heavy atom. The molecule has 0 aromatic heterocycles. The molecule has 0 spiro atoms. The summed E-state index contributed by atoms with van der Waals surface area (Å²) in [4.78, 5) is 65.3. The van der Waals surface area contributed by atoms with Crippen molar-refractivity contribution in [2.45, 2.75) is 6.04 Å². The average molecular weight is 538 g/mol. The maximum absolute atomic E-state index is 13.2. The van der Waals surface area contributed by atoms with E-state index in [2.05, 4.69) is 5.32 Å². The fourth-order valence-electron chi connectivity index (χ4n) is 4.28. The van der Waals surface area contributed by atoms with E-state index in [-0.39, 0.29) is 72.0 Å². The summed E-state index contributed by atoms with van der Waals surface area (Å²) >= 11 is 0. The predicted octanol–water partition coefficient (Wildman–Crippen LogP) is -1.60. The first-order valence-electron chi connectivity index (χ1n) is 12.2. The van der Waals surface area contributed by atoms with Gasteiger partial charge in [-0.05, 0) is 5.56 Å². The van der Waals surface area contributed by atoms with E-state index in [0.29, 0.717) is 5.56 Å². The summed E-state index contributed by atoms with van der Waals surface area (Å²) in [6.45, 7) is 0.440. The summed E-state index contributed by atoms with van der Waals surface area (Å²) in [5.41, 5.74) is 0.602. The van der Waals surface area contributed by atoms with Crippen molar-refractivity contribution in [2.75, 3.05) is 78.5 Å². The number of rotatable bonds is 11. The third kappa shape index (κ3) is 11.2. The molecule has 2 rings (SSSR count). The molecular weight excluding hydrogens is 502 g/mol. The molecule has 1 aromatic rings. The van der Waals surface area contributed by atoms with Crippen molar-refractivity contribution in [3.8, 4) is 0 Å². The molecule has 1 heterocycles. The first-order chi connectivity index (χ1) is 18.0. The van der Waals surface area contributed by atoms with Crippen LogP contribution in [0.15, 0.2) is 30.3 Å². The Kier molecular flexibility index (Phi) is 12.6. The summed E-state index contributed by atoms with van der Waals surface area (Å²) in [7, 11) is 0. The zero-order valence-corrected chi connectivity index (χ0v) is 21.1. The summed E-state index contributed by atoms with van der Waals surface area (Å²) < 4.78 is 0. The van der Waals surface area contributed by atoms with Gasteiger partial charge >= 0.3 is 23.9 Å². The topological polar surface area (TPSA) is 191 Å². The summed E-state index contributed by atoms with van der Waals surface area (Å²) in [6.07, 6.45) is 0. The molecular formula is C24H35N5O9. The quantitative estimate of drug-likeness (QED) is 0.217. The number of carboxylic acid groups (broad SMARTS) is 4. The molecule has 1 aliphatic rings. The van der Waals surface area contributed by atoms with Gasteiger partial charge in [-0.1, -0.05) is 30.3 Å². The smallest absolute Gasteiger partial charge is 0.322 e. The largest absolute Gasteiger partial charge is 0.480 e. The van der Waals surface area contributed by atoms with Gasteiger partial charge in [-0.25, -0.2) is 0 Å². The fraction of sp³-hybridized carbons (Fsp3) is 0.542. The first-order valence-corrected chi connectivity index (χ1v) is 12.2. The Bertz CT molecular complexity index is 930. The first kappa shape index (κ1) is 30.6. The lowest BCUT2D eigenvalue weighted by Crippen LogP contribution is -2.51. The number of nitrogens with zero attached hydrogens (tertiary/aromatic N) is 4. The molecule has 1 aromatic carbocycles. The third-order valence-electron chi connectivity index (χ3n) is 6.09. The minimum Gasteiger partial charge on any atom is -0.480 e. The van der Waals surface area contributed by atoms with E-state index in [1.54, 1.807) is 49.9 Å². The number of amides is 1. The summed E-state index contributed by atoms with van der Waals surface area (Å²) in [5.74, 6) is -4.91. The zero-order valence-electron chi connectivity index (χ0n) is 21.1. The van der Waals surface area contributed by atoms with Crippen LogP contribution in [0, 0.1) is 0 Å². The molecule has 1 amide bonds. The molecule has 14 nitrogen and oxygen atoms in total. The molecule has 210 valence electrons.